The first kappa shape index (κ1) is 17.6. The smallest absolute Gasteiger partial charge is 0.111 e. The van der Waals surface area contributed by atoms with Crippen molar-refractivity contribution in [1.82, 2.24) is 24.8 Å². The average molecular weight is 338 g/mol. The Kier molecular flexibility index (Phi) is 5.16. The Morgan fingerprint density at radius 2 is 1.92 bits per heavy atom. The lowest BCUT2D eigenvalue weighted by molar-refractivity contribution is 0.0893. The van der Waals surface area contributed by atoms with Crippen LogP contribution in [0.3, 0.4) is 0 Å². The molecule has 0 N–H and O–H groups in total. The normalized spacial score (nSPS) is 19.7. The molecule has 0 spiro atoms. The molecule has 1 atom stereocenters. The molecular weight excluding hydrogens is 312 g/mol. The molecule has 132 valence electrons. The van der Waals surface area contributed by atoms with E-state index in [1.165, 1.54) is 5.56 Å². The van der Waals surface area contributed by atoms with Crippen molar-refractivity contribution in [3.8, 4) is 6.07 Å². The Hall–Kier alpha value is -2.23. The van der Waals surface area contributed by atoms with E-state index in [1.54, 1.807) is 0 Å². The van der Waals surface area contributed by atoms with Gasteiger partial charge in [0.05, 0.1) is 23.5 Å². The molecule has 1 aromatic heterocycles. The van der Waals surface area contributed by atoms with E-state index in [-0.39, 0.29) is 11.6 Å². The average Bonchev–Trinajstić information content (AvgIpc) is 3.06. The van der Waals surface area contributed by atoms with Crippen molar-refractivity contribution < 1.29 is 0 Å². The second-order valence-electron chi connectivity index (χ2n) is 7.66. The largest absolute Gasteiger partial charge is 0.293 e. The summed E-state index contributed by atoms with van der Waals surface area (Å²) < 4.78 is 1.90. The van der Waals surface area contributed by atoms with E-state index in [9.17, 15) is 5.26 Å². The third kappa shape index (κ3) is 4.44. The minimum absolute atomic E-state index is 0.0607. The fourth-order valence-electron chi connectivity index (χ4n) is 3.08. The maximum absolute atomic E-state index is 9.58. The Balaban J connectivity index is 1.60. The van der Waals surface area contributed by atoms with Gasteiger partial charge in [0, 0.05) is 32.7 Å². The van der Waals surface area contributed by atoms with E-state index in [0.29, 0.717) is 0 Å². The minimum atomic E-state index is -0.0911. The number of nitriles is 1. The van der Waals surface area contributed by atoms with Crippen molar-refractivity contribution in [2.24, 2.45) is 0 Å². The van der Waals surface area contributed by atoms with Gasteiger partial charge < -0.3 is 0 Å². The number of rotatable bonds is 4. The fraction of sp³-hybridized carbons (Fsp3) is 0.526. The Bertz CT molecular complexity index is 724. The lowest BCUT2D eigenvalue weighted by Gasteiger charge is -2.37. The highest BCUT2D eigenvalue weighted by atomic mass is 15.4. The van der Waals surface area contributed by atoms with E-state index in [2.05, 4.69) is 59.1 Å². The third-order valence-corrected chi connectivity index (χ3v) is 4.57. The molecule has 1 aromatic carbocycles. The molecule has 2 heterocycles. The Labute approximate surface area is 149 Å². The molecule has 2 aromatic rings. The summed E-state index contributed by atoms with van der Waals surface area (Å²) in [7, 11) is 0. The molecule has 1 saturated heterocycles. The first-order valence-corrected chi connectivity index (χ1v) is 8.77. The standard InChI is InChI=1S/C19H26N6/c1-19(2,3)25-14-17(21-22-25)13-23-9-10-24(18(11-20)15-23)12-16-7-5-4-6-8-16/h4-8,14,18H,9-10,12-13,15H2,1-3H3. The van der Waals surface area contributed by atoms with Crippen LogP contribution < -0.4 is 0 Å². The molecule has 0 amide bonds. The summed E-state index contributed by atoms with van der Waals surface area (Å²) in [6, 6.07) is 12.7. The molecule has 1 unspecified atom stereocenters. The molecule has 0 bridgehead atoms. The van der Waals surface area contributed by atoms with Crippen molar-refractivity contribution in [1.29, 1.82) is 5.26 Å². The lowest BCUT2D eigenvalue weighted by Crippen LogP contribution is -2.51. The van der Waals surface area contributed by atoms with Crippen molar-refractivity contribution >= 4 is 0 Å². The molecule has 0 aliphatic carbocycles. The van der Waals surface area contributed by atoms with Gasteiger partial charge in [-0.05, 0) is 26.3 Å². The second-order valence-corrected chi connectivity index (χ2v) is 7.66. The molecule has 6 nitrogen and oxygen atoms in total. The number of nitrogens with zero attached hydrogens (tertiary/aromatic N) is 6. The first-order chi connectivity index (χ1) is 12.0. The summed E-state index contributed by atoms with van der Waals surface area (Å²) in [5, 5.41) is 18.1. The quantitative estimate of drug-likeness (QED) is 0.856. The molecule has 1 fully saturated rings. The lowest BCUT2D eigenvalue weighted by atomic mass is 10.1. The van der Waals surface area contributed by atoms with Gasteiger partial charge in [0.15, 0.2) is 0 Å². The zero-order valence-corrected chi connectivity index (χ0v) is 15.3. The van der Waals surface area contributed by atoms with Crippen LogP contribution in [0.15, 0.2) is 36.5 Å². The van der Waals surface area contributed by atoms with Crippen LogP contribution >= 0.6 is 0 Å². The topological polar surface area (TPSA) is 61.0 Å². The molecule has 25 heavy (non-hydrogen) atoms. The third-order valence-electron chi connectivity index (χ3n) is 4.57. The molecule has 1 aliphatic rings. The van der Waals surface area contributed by atoms with Crippen molar-refractivity contribution in [3.63, 3.8) is 0 Å². The van der Waals surface area contributed by atoms with Crippen LogP contribution in [0, 0.1) is 11.3 Å². The van der Waals surface area contributed by atoms with Crippen LogP contribution in [0.4, 0.5) is 0 Å². The maximum atomic E-state index is 9.58. The Morgan fingerprint density at radius 3 is 2.56 bits per heavy atom. The maximum Gasteiger partial charge on any atom is 0.111 e. The van der Waals surface area contributed by atoms with Crippen molar-refractivity contribution in [2.75, 3.05) is 19.6 Å². The van der Waals surface area contributed by atoms with Crippen molar-refractivity contribution in [2.45, 2.75) is 45.4 Å². The number of hydrogen-bond acceptors (Lipinski definition) is 5. The van der Waals surface area contributed by atoms with Gasteiger partial charge in [0.25, 0.3) is 0 Å². The van der Waals surface area contributed by atoms with Crippen LogP contribution in [0.5, 0.6) is 0 Å². The van der Waals surface area contributed by atoms with Gasteiger partial charge in [-0.2, -0.15) is 5.26 Å². The first-order valence-electron chi connectivity index (χ1n) is 8.77. The summed E-state index contributed by atoms with van der Waals surface area (Å²) in [4.78, 5) is 4.56. The monoisotopic (exact) mass is 338 g/mol. The molecule has 6 heteroatoms. The van der Waals surface area contributed by atoms with Crippen molar-refractivity contribution in [3.05, 3.63) is 47.8 Å². The molecule has 0 radical (unpaired) electrons. The molecule has 1 aliphatic heterocycles. The van der Waals surface area contributed by atoms with Crippen LogP contribution in [0.25, 0.3) is 0 Å². The number of aromatic nitrogens is 3. The summed E-state index contributed by atoms with van der Waals surface area (Å²) in [6.45, 7) is 10.5. The summed E-state index contributed by atoms with van der Waals surface area (Å²) in [5.41, 5.74) is 2.15. The minimum Gasteiger partial charge on any atom is -0.293 e. The van der Waals surface area contributed by atoms with Gasteiger partial charge in [-0.3, -0.25) is 9.80 Å². The van der Waals surface area contributed by atoms with Gasteiger partial charge in [0.2, 0.25) is 0 Å². The van der Waals surface area contributed by atoms with E-state index < -0.39 is 0 Å². The highest BCUT2D eigenvalue weighted by Gasteiger charge is 2.27. The summed E-state index contributed by atoms with van der Waals surface area (Å²) in [5.74, 6) is 0. The Morgan fingerprint density at radius 1 is 1.16 bits per heavy atom. The van der Waals surface area contributed by atoms with Crippen LogP contribution in [0.1, 0.15) is 32.0 Å². The predicted octanol–water partition coefficient (Wildman–Crippen LogP) is 2.24. The summed E-state index contributed by atoms with van der Waals surface area (Å²) in [6.07, 6.45) is 2.01. The van der Waals surface area contributed by atoms with Gasteiger partial charge in [-0.25, -0.2) is 4.68 Å². The van der Waals surface area contributed by atoms with E-state index in [1.807, 2.05) is 29.1 Å². The second kappa shape index (κ2) is 7.34. The number of piperazine rings is 1. The fourth-order valence-corrected chi connectivity index (χ4v) is 3.08. The number of hydrogen-bond donors (Lipinski definition) is 0. The molecule has 0 saturated carbocycles. The van der Waals surface area contributed by atoms with E-state index in [4.69, 9.17) is 0 Å². The zero-order chi connectivity index (χ0) is 17.9. The SMILES string of the molecule is CC(C)(C)n1cc(CN2CCN(Cc3ccccc3)C(C#N)C2)nn1. The van der Waals surface area contributed by atoms with Gasteiger partial charge in [0.1, 0.15) is 6.04 Å². The summed E-state index contributed by atoms with van der Waals surface area (Å²) >= 11 is 0. The van der Waals surface area contributed by atoms with Gasteiger partial charge in [-0.15, -0.1) is 5.10 Å². The van der Waals surface area contributed by atoms with Crippen LogP contribution in [0.2, 0.25) is 0 Å². The van der Waals surface area contributed by atoms with E-state index in [0.717, 1.165) is 38.4 Å². The highest BCUT2D eigenvalue weighted by Crippen LogP contribution is 2.17. The molecule has 3 rings (SSSR count). The highest BCUT2D eigenvalue weighted by molar-refractivity contribution is 5.15. The molecular formula is C19H26N6. The zero-order valence-electron chi connectivity index (χ0n) is 15.3. The van der Waals surface area contributed by atoms with Crippen LogP contribution in [-0.4, -0.2) is 50.5 Å². The van der Waals surface area contributed by atoms with E-state index >= 15 is 0 Å². The predicted molar refractivity (Wildman–Crippen MR) is 96.5 cm³/mol. The number of benzene rings is 1. The van der Waals surface area contributed by atoms with Crippen LogP contribution in [-0.2, 0) is 18.6 Å². The van der Waals surface area contributed by atoms with Gasteiger partial charge >= 0.3 is 0 Å². The van der Waals surface area contributed by atoms with Gasteiger partial charge in [-0.1, -0.05) is 35.5 Å².